The number of hydrogen-bond donors (Lipinski definition) is 1. The zero-order valence-electron chi connectivity index (χ0n) is 10.6. The van der Waals surface area contributed by atoms with Crippen molar-refractivity contribution in [2.45, 2.75) is 43.9 Å². The monoisotopic (exact) mass is 229 g/mol. The Morgan fingerprint density at radius 2 is 1.76 bits per heavy atom. The van der Waals surface area contributed by atoms with Crippen molar-refractivity contribution in [3.8, 4) is 0 Å². The second-order valence-corrected chi connectivity index (χ2v) is 5.77. The van der Waals surface area contributed by atoms with Gasteiger partial charge in [0.05, 0.1) is 0 Å². The minimum atomic E-state index is 0.489. The first-order valence-electron chi connectivity index (χ1n) is 7.18. The van der Waals surface area contributed by atoms with E-state index in [9.17, 15) is 0 Å². The summed E-state index contributed by atoms with van der Waals surface area (Å²) in [6, 6.07) is 11.3. The fourth-order valence-corrected chi connectivity index (χ4v) is 4.01. The molecule has 1 atom stereocenters. The van der Waals surface area contributed by atoms with Gasteiger partial charge in [-0.25, -0.2) is 0 Å². The van der Waals surface area contributed by atoms with E-state index in [1.807, 2.05) is 0 Å². The molecule has 1 aromatic rings. The van der Waals surface area contributed by atoms with Crippen molar-refractivity contribution in [1.29, 1.82) is 0 Å². The van der Waals surface area contributed by atoms with Crippen LogP contribution in [0.5, 0.6) is 0 Å². The maximum atomic E-state index is 3.56. The van der Waals surface area contributed by atoms with E-state index in [4.69, 9.17) is 0 Å². The largest absolute Gasteiger partial charge is 0.316 e. The predicted molar refractivity (Wildman–Crippen MR) is 72.2 cm³/mol. The molecule has 0 bridgehead atoms. The van der Waals surface area contributed by atoms with Crippen LogP contribution in [0.15, 0.2) is 30.3 Å². The topological polar surface area (TPSA) is 12.0 Å². The van der Waals surface area contributed by atoms with E-state index in [0.29, 0.717) is 5.41 Å². The molecule has 0 amide bonds. The molecule has 1 aliphatic heterocycles. The highest BCUT2D eigenvalue weighted by molar-refractivity contribution is 5.27. The Bertz CT molecular complexity index is 345. The Kier molecular flexibility index (Phi) is 3.19. The van der Waals surface area contributed by atoms with Gasteiger partial charge in [-0.15, -0.1) is 0 Å². The summed E-state index contributed by atoms with van der Waals surface area (Å²) in [5.41, 5.74) is 2.09. The average molecular weight is 229 g/mol. The van der Waals surface area contributed by atoms with E-state index in [1.54, 1.807) is 5.56 Å². The van der Waals surface area contributed by atoms with Gasteiger partial charge in [-0.05, 0) is 49.2 Å². The second kappa shape index (κ2) is 4.81. The first-order valence-corrected chi connectivity index (χ1v) is 7.18. The minimum Gasteiger partial charge on any atom is -0.316 e. The third kappa shape index (κ3) is 2.01. The number of benzene rings is 1. The van der Waals surface area contributed by atoms with Crippen molar-refractivity contribution in [3.05, 3.63) is 35.9 Å². The first kappa shape index (κ1) is 11.3. The first-order chi connectivity index (χ1) is 8.42. The van der Waals surface area contributed by atoms with Gasteiger partial charge in [-0.3, -0.25) is 0 Å². The van der Waals surface area contributed by atoms with Crippen molar-refractivity contribution in [2.75, 3.05) is 13.1 Å². The van der Waals surface area contributed by atoms with Crippen LogP contribution >= 0.6 is 0 Å². The molecule has 2 aliphatic rings. The lowest BCUT2D eigenvalue weighted by Crippen LogP contribution is -2.38. The smallest absolute Gasteiger partial charge is 0.000620 e. The van der Waals surface area contributed by atoms with Crippen LogP contribution in [-0.4, -0.2) is 13.1 Å². The van der Waals surface area contributed by atoms with E-state index in [-0.39, 0.29) is 0 Å². The maximum absolute atomic E-state index is 3.56. The fourth-order valence-electron chi connectivity index (χ4n) is 4.01. The molecule has 0 aromatic heterocycles. The Balaban J connectivity index is 1.95. The minimum absolute atomic E-state index is 0.489. The molecule has 1 aliphatic carbocycles. The molecule has 1 N–H and O–H groups in total. The molecule has 0 spiro atoms. The lowest BCUT2D eigenvalue weighted by atomic mass is 9.62. The van der Waals surface area contributed by atoms with Crippen molar-refractivity contribution in [1.82, 2.24) is 5.32 Å². The van der Waals surface area contributed by atoms with E-state index >= 15 is 0 Å². The second-order valence-electron chi connectivity index (χ2n) is 5.77. The summed E-state index contributed by atoms with van der Waals surface area (Å²) in [6.07, 6.45) is 8.47. The molecule has 0 radical (unpaired) electrons. The summed E-state index contributed by atoms with van der Waals surface area (Å²) in [5.74, 6) is 0.866. The zero-order chi connectivity index (χ0) is 11.6. The number of rotatable bonds is 2. The van der Waals surface area contributed by atoms with E-state index < -0.39 is 0 Å². The molecule has 3 rings (SSSR count). The Morgan fingerprint density at radius 1 is 1.00 bits per heavy atom. The number of hydrogen-bond acceptors (Lipinski definition) is 1. The normalized spacial score (nSPS) is 28.1. The summed E-state index contributed by atoms with van der Waals surface area (Å²) in [6.45, 7) is 2.45. The van der Waals surface area contributed by atoms with Crippen LogP contribution in [0.2, 0.25) is 0 Å². The summed E-state index contributed by atoms with van der Waals surface area (Å²) in [7, 11) is 0. The van der Waals surface area contributed by atoms with Crippen LogP contribution in [0, 0.1) is 5.92 Å². The molecule has 1 saturated heterocycles. The molecular weight excluding hydrogens is 206 g/mol. The molecule has 1 nitrogen and oxygen atoms in total. The lowest BCUT2D eigenvalue weighted by molar-refractivity contribution is 0.202. The van der Waals surface area contributed by atoms with Crippen LogP contribution in [0.25, 0.3) is 0 Å². The van der Waals surface area contributed by atoms with Crippen molar-refractivity contribution in [3.63, 3.8) is 0 Å². The third-order valence-corrected chi connectivity index (χ3v) is 4.94. The quantitative estimate of drug-likeness (QED) is 0.818. The zero-order valence-corrected chi connectivity index (χ0v) is 10.6. The van der Waals surface area contributed by atoms with Gasteiger partial charge in [0.15, 0.2) is 0 Å². The standard InChI is InChI=1S/C16H23N/c1-3-7-14(8-4-1)16(10-5-2-6-11-16)15-9-12-17-13-15/h1,3-4,7-8,15,17H,2,5-6,9-13H2. The van der Waals surface area contributed by atoms with Crippen LogP contribution < -0.4 is 5.32 Å². The van der Waals surface area contributed by atoms with Crippen LogP contribution in [-0.2, 0) is 5.41 Å². The maximum Gasteiger partial charge on any atom is -0.000620 e. The third-order valence-electron chi connectivity index (χ3n) is 4.94. The average Bonchev–Trinajstić information content (AvgIpc) is 2.95. The van der Waals surface area contributed by atoms with Gasteiger partial charge in [0.2, 0.25) is 0 Å². The van der Waals surface area contributed by atoms with Gasteiger partial charge in [-0.1, -0.05) is 49.6 Å². The summed E-state index contributed by atoms with van der Waals surface area (Å²) >= 11 is 0. The molecule has 1 saturated carbocycles. The summed E-state index contributed by atoms with van der Waals surface area (Å²) < 4.78 is 0. The van der Waals surface area contributed by atoms with Crippen molar-refractivity contribution in [2.24, 2.45) is 5.92 Å². The molecule has 92 valence electrons. The highest BCUT2D eigenvalue weighted by atomic mass is 14.9. The Hall–Kier alpha value is -0.820. The van der Waals surface area contributed by atoms with Gasteiger partial charge in [0.1, 0.15) is 0 Å². The lowest BCUT2D eigenvalue weighted by Gasteiger charge is -2.42. The van der Waals surface area contributed by atoms with Gasteiger partial charge in [0.25, 0.3) is 0 Å². The molecule has 1 heterocycles. The van der Waals surface area contributed by atoms with Crippen LogP contribution in [0.4, 0.5) is 0 Å². The van der Waals surface area contributed by atoms with Gasteiger partial charge < -0.3 is 5.32 Å². The Morgan fingerprint density at radius 3 is 2.41 bits per heavy atom. The highest BCUT2D eigenvalue weighted by Crippen LogP contribution is 2.47. The summed E-state index contributed by atoms with van der Waals surface area (Å²) in [4.78, 5) is 0. The highest BCUT2D eigenvalue weighted by Gasteiger charge is 2.41. The molecule has 1 unspecified atom stereocenters. The van der Waals surface area contributed by atoms with E-state index in [1.165, 1.54) is 51.6 Å². The molecular formula is C16H23N. The summed E-state index contributed by atoms with van der Waals surface area (Å²) in [5, 5.41) is 3.56. The predicted octanol–water partition coefficient (Wildman–Crippen LogP) is 3.50. The van der Waals surface area contributed by atoms with E-state index in [0.717, 1.165) is 5.92 Å². The van der Waals surface area contributed by atoms with Crippen LogP contribution in [0.1, 0.15) is 44.1 Å². The van der Waals surface area contributed by atoms with E-state index in [2.05, 4.69) is 35.6 Å². The molecule has 1 aromatic carbocycles. The van der Waals surface area contributed by atoms with Crippen molar-refractivity contribution < 1.29 is 0 Å². The van der Waals surface area contributed by atoms with Gasteiger partial charge in [0, 0.05) is 0 Å². The van der Waals surface area contributed by atoms with Gasteiger partial charge >= 0.3 is 0 Å². The fraction of sp³-hybridized carbons (Fsp3) is 0.625. The molecule has 17 heavy (non-hydrogen) atoms. The Labute approximate surface area is 105 Å². The SMILES string of the molecule is c1ccc(C2(C3CCNC3)CCCCC2)cc1. The van der Waals surface area contributed by atoms with Crippen molar-refractivity contribution >= 4 is 0 Å². The van der Waals surface area contributed by atoms with Gasteiger partial charge in [-0.2, -0.15) is 0 Å². The molecule has 1 heteroatoms. The molecule has 2 fully saturated rings. The number of nitrogens with one attached hydrogen (secondary N) is 1. The van der Waals surface area contributed by atoms with Crippen LogP contribution in [0.3, 0.4) is 0 Å².